The van der Waals surface area contributed by atoms with Crippen LogP contribution in [0, 0.1) is 10.1 Å². The van der Waals surface area contributed by atoms with Gasteiger partial charge in [-0.15, -0.1) is 0 Å². The second kappa shape index (κ2) is 6.55. The predicted molar refractivity (Wildman–Crippen MR) is 65.7 cm³/mol. The van der Waals surface area contributed by atoms with Crippen molar-refractivity contribution in [3.8, 4) is 5.75 Å². The van der Waals surface area contributed by atoms with E-state index in [2.05, 4.69) is 5.32 Å². The number of nitrogens with zero attached hydrogens (tertiary/aromatic N) is 1. The molecule has 0 unspecified atom stereocenters. The molecule has 0 aromatic heterocycles. The lowest BCUT2D eigenvalue weighted by Crippen LogP contribution is -2.26. The van der Waals surface area contributed by atoms with Crippen molar-refractivity contribution in [2.24, 2.45) is 5.73 Å². The van der Waals surface area contributed by atoms with Crippen LogP contribution in [0.3, 0.4) is 0 Å². The minimum atomic E-state index is -0.543. The van der Waals surface area contributed by atoms with E-state index in [0.29, 0.717) is 19.5 Å². The third-order valence-electron chi connectivity index (χ3n) is 2.31. The monoisotopic (exact) mass is 253 g/mol. The van der Waals surface area contributed by atoms with Crippen LogP contribution in [0.1, 0.15) is 16.8 Å². The molecular formula is C11H15N3O4. The Morgan fingerprint density at radius 1 is 1.56 bits per heavy atom. The highest BCUT2D eigenvalue weighted by atomic mass is 16.6. The van der Waals surface area contributed by atoms with Crippen molar-refractivity contribution in [1.82, 2.24) is 5.32 Å². The van der Waals surface area contributed by atoms with Gasteiger partial charge in [0, 0.05) is 12.6 Å². The van der Waals surface area contributed by atoms with Crippen LogP contribution in [-0.4, -0.2) is 31.0 Å². The van der Waals surface area contributed by atoms with E-state index < -0.39 is 4.92 Å². The van der Waals surface area contributed by atoms with Crippen LogP contribution in [0.5, 0.6) is 5.75 Å². The van der Waals surface area contributed by atoms with Crippen LogP contribution in [0.4, 0.5) is 5.69 Å². The largest absolute Gasteiger partial charge is 0.496 e. The third-order valence-corrected chi connectivity index (χ3v) is 2.31. The molecule has 0 aliphatic heterocycles. The van der Waals surface area contributed by atoms with E-state index in [1.54, 1.807) is 0 Å². The molecule has 0 bridgehead atoms. The fraction of sp³-hybridized carbons (Fsp3) is 0.364. The Morgan fingerprint density at radius 2 is 2.28 bits per heavy atom. The van der Waals surface area contributed by atoms with E-state index in [9.17, 15) is 14.9 Å². The summed E-state index contributed by atoms with van der Waals surface area (Å²) in [5.41, 5.74) is 5.46. The van der Waals surface area contributed by atoms with Crippen LogP contribution in [0.2, 0.25) is 0 Å². The lowest BCUT2D eigenvalue weighted by molar-refractivity contribution is -0.384. The van der Waals surface area contributed by atoms with Crippen molar-refractivity contribution in [1.29, 1.82) is 0 Å². The Balaban J connectivity index is 2.88. The van der Waals surface area contributed by atoms with Crippen LogP contribution in [0.15, 0.2) is 18.2 Å². The van der Waals surface area contributed by atoms with Crippen molar-refractivity contribution in [3.05, 3.63) is 33.9 Å². The Hall–Kier alpha value is -2.15. The zero-order chi connectivity index (χ0) is 13.5. The normalized spacial score (nSPS) is 9.89. The Kier molecular flexibility index (Phi) is 5.06. The lowest BCUT2D eigenvalue weighted by atomic mass is 10.1. The SMILES string of the molecule is COc1cc([N+](=O)[O-])ccc1C(=O)NCCCN. The lowest BCUT2D eigenvalue weighted by Gasteiger charge is -2.08. The first-order chi connectivity index (χ1) is 8.60. The number of rotatable bonds is 6. The fourth-order valence-corrected chi connectivity index (χ4v) is 1.38. The van der Waals surface area contributed by atoms with Gasteiger partial charge in [0.25, 0.3) is 11.6 Å². The van der Waals surface area contributed by atoms with Gasteiger partial charge in [0.1, 0.15) is 5.75 Å². The van der Waals surface area contributed by atoms with Gasteiger partial charge in [-0.3, -0.25) is 14.9 Å². The van der Waals surface area contributed by atoms with Gasteiger partial charge in [-0.2, -0.15) is 0 Å². The smallest absolute Gasteiger partial charge is 0.273 e. The van der Waals surface area contributed by atoms with Crippen molar-refractivity contribution in [3.63, 3.8) is 0 Å². The number of methoxy groups -OCH3 is 1. The van der Waals surface area contributed by atoms with Gasteiger partial charge < -0.3 is 15.8 Å². The summed E-state index contributed by atoms with van der Waals surface area (Å²) >= 11 is 0. The number of benzene rings is 1. The molecule has 98 valence electrons. The van der Waals surface area contributed by atoms with Crippen LogP contribution in [-0.2, 0) is 0 Å². The standard InChI is InChI=1S/C11H15N3O4/c1-18-10-7-8(14(16)17)3-4-9(10)11(15)13-6-2-5-12/h3-4,7H,2,5-6,12H2,1H3,(H,13,15). The topological polar surface area (TPSA) is 107 Å². The molecule has 0 atom stereocenters. The summed E-state index contributed by atoms with van der Waals surface area (Å²) in [6.07, 6.45) is 0.668. The first-order valence-corrected chi connectivity index (χ1v) is 5.41. The number of carbonyl (C=O) groups is 1. The molecule has 18 heavy (non-hydrogen) atoms. The number of nitrogens with two attached hydrogens (primary N) is 1. The number of nitrogens with one attached hydrogen (secondary N) is 1. The summed E-state index contributed by atoms with van der Waals surface area (Å²) < 4.78 is 4.97. The van der Waals surface area contributed by atoms with E-state index >= 15 is 0 Å². The van der Waals surface area contributed by atoms with Crippen molar-refractivity contribution < 1.29 is 14.5 Å². The van der Waals surface area contributed by atoms with Gasteiger partial charge in [0.05, 0.1) is 23.7 Å². The van der Waals surface area contributed by atoms with Crippen LogP contribution < -0.4 is 15.8 Å². The average Bonchev–Trinajstić information content (AvgIpc) is 2.38. The third kappa shape index (κ3) is 3.42. The molecule has 0 heterocycles. The molecule has 7 nitrogen and oxygen atoms in total. The zero-order valence-electron chi connectivity index (χ0n) is 10.0. The second-order valence-corrected chi connectivity index (χ2v) is 3.54. The highest BCUT2D eigenvalue weighted by molar-refractivity contribution is 5.97. The van der Waals surface area contributed by atoms with Crippen LogP contribution in [0.25, 0.3) is 0 Å². The molecule has 0 fully saturated rings. The number of non-ortho nitro benzene ring substituents is 1. The first-order valence-electron chi connectivity index (χ1n) is 5.41. The Bertz CT molecular complexity index is 448. The van der Waals surface area contributed by atoms with E-state index in [4.69, 9.17) is 10.5 Å². The Morgan fingerprint density at radius 3 is 2.83 bits per heavy atom. The van der Waals surface area contributed by atoms with E-state index in [-0.39, 0.29) is 22.9 Å². The quantitative estimate of drug-likeness (QED) is 0.440. The molecule has 0 aliphatic rings. The highest BCUT2D eigenvalue weighted by Crippen LogP contribution is 2.24. The molecular weight excluding hydrogens is 238 g/mol. The van der Waals surface area contributed by atoms with Crippen molar-refractivity contribution >= 4 is 11.6 Å². The molecule has 1 aromatic rings. The van der Waals surface area contributed by atoms with Gasteiger partial charge in [-0.05, 0) is 19.0 Å². The van der Waals surface area contributed by atoms with E-state index in [1.165, 1.54) is 25.3 Å². The van der Waals surface area contributed by atoms with Gasteiger partial charge in [-0.25, -0.2) is 0 Å². The minimum Gasteiger partial charge on any atom is -0.496 e. The van der Waals surface area contributed by atoms with Crippen molar-refractivity contribution in [2.75, 3.05) is 20.2 Å². The molecule has 0 spiro atoms. The minimum absolute atomic E-state index is 0.120. The van der Waals surface area contributed by atoms with E-state index in [0.717, 1.165) is 0 Å². The molecule has 0 aliphatic carbocycles. The molecule has 7 heteroatoms. The summed E-state index contributed by atoms with van der Waals surface area (Å²) in [6.45, 7) is 0.938. The number of nitro benzene ring substituents is 1. The fourth-order valence-electron chi connectivity index (χ4n) is 1.38. The summed E-state index contributed by atoms with van der Waals surface area (Å²) in [4.78, 5) is 21.8. The number of hydrogen-bond acceptors (Lipinski definition) is 5. The van der Waals surface area contributed by atoms with Crippen molar-refractivity contribution in [2.45, 2.75) is 6.42 Å². The Labute approximate surface area is 104 Å². The maximum atomic E-state index is 11.8. The summed E-state index contributed by atoms with van der Waals surface area (Å²) in [6, 6.07) is 3.85. The maximum absolute atomic E-state index is 11.8. The molecule has 0 saturated carbocycles. The summed E-state index contributed by atoms with van der Waals surface area (Å²) in [5.74, 6) is -0.162. The number of ether oxygens (including phenoxy) is 1. The number of nitro groups is 1. The highest BCUT2D eigenvalue weighted by Gasteiger charge is 2.16. The molecule has 0 radical (unpaired) electrons. The van der Waals surface area contributed by atoms with Gasteiger partial charge in [0.15, 0.2) is 0 Å². The second-order valence-electron chi connectivity index (χ2n) is 3.54. The molecule has 3 N–H and O–H groups in total. The number of carbonyl (C=O) groups excluding carboxylic acids is 1. The average molecular weight is 253 g/mol. The van der Waals surface area contributed by atoms with Gasteiger partial charge in [0.2, 0.25) is 0 Å². The summed E-state index contributed by atoms with van der Waals surface area (Å²) in [7, 11) is 1.36. The number of amides is 1. The summed E-state index contributed by atoms with van der Waals surface area (Å²) in [5, 5.41) is 13.3. The predicted octanol–water partition coefficient (Wildman–Crippen LogP) is 0.682. The van der Waals surface area contributed by atoms with Gasteiger partial charge >= 0.3 is 0 Å². The van der Waals surface area contributed by atoms with E-state index in [1.807, 2.05) is 0 Å². The molecule has 1 aromatic carbocycles. The van der Waals surface area contributed by atoms with Crippen LogP contribution >= 0.6 is 0 Å². The van der Waals surface area contributed by atoms with Gasteiger partial charge in [-0.1, -0.05) is 0 Å². The maximum Gasteiger partial charge on any atom is 0.273 e. The zero-order valence-corrected chi connectivity index (χ0v) is 10.0. The molecule has 1 amide bonds. The molecule has 0 saturated heterocycles. The molecule has 1 rings (SSSR count). The number of hydrogen-bond donors (Lipinski definition) is 2. The first kappa shape index (κ1) is 13.9.